The van der Waals surface area contributed by atoms with E-state index in [-0.39, 0.29) is 24.2 Å². The molecule has 2 rings (SSSR count). The molecule has 1 atom stereocenters. The predicted octanol–water partition coefficient (Wildman–Crippen LogP) is 4.00. The van der Waals surface area contributed by atoms with E-state index >= 15 is 0 Å². The molecular weight excluding hydrogens is 375 g/mol. The van der Waals surface area contributed by atoms with Crippen LogP contribution in [-0.4, -0.2) is 35.1 Å². The van der Waals surface area contributed by atoms with Crippen molar-refractivity contribution in [3.8, 4) is 0 Å². The molecule has 2 aromatic rings. The van der Waals surface area contributed by atoms with Crippen molar-refractivity contribution in [2.75, 3.05) is 12.3 Å². The third kappa shape index (κ3) is 6.68. The summed E-state index contributed by atoms with van der Waals surface area (Å²) in [6.07, 6.45) is 0.301. The van der Waals surface area contributed by atoms with Gasteiger partial charge < -0.3 is 10.2 Å². The highest BCUT2D eigenvalue weighted by atomic mass is 32.2. The quantitative estimate of drug-likeness (QED) is 0.611. The molecule has 4 nitrogen and oxygen atoms in total. The summed E-state index contributed by atoms with van der Waals surface area (Å²) in [5.41, 5.74) is 1.61. The van der Waals surface area contributed by atoms with Gasteiger partial charge in [0.15, 0.2) is 0 Å². The van der Waals surface area contributed by atoms with Crippen molar-refractivity contribution in [2.24, 2.45) is 0 Å². The summed E-state index contributed by atoms with van der Waals surface area (Å²) >= 11 is 1.67. The molecule has 1 N–H and O–H groups in total. The molecule has 6 heteroatoms. The van der Waals surface area contributed by atoms with Crippen LogP contribution in [0.1, 0.15) is 31.4 Å². The van der Waals surface area contributed by atoms with Crippen molar-refractivity contribution in [1.82, 2.24) is 10.2 Å². The van der Waals surface area contributed by atoms with Gasteiger partial charge in [-0.3, -0.25) is 9.59 Å². The van der Waals surface area contributed by atoms with Gasteiger partial charge in [-0.05, 0) is 25.5 Å². The maximum atomic E-state index is 14.1. The number of carbonyl (C=O) groups excluding carboxylic acids is 2. The Balaban J connectivity index is 1.99. The minimum Gasteiger partial charge on any atom is -0.355 e. The Bertz CT molecular complexity index is 770. The van der Waals surface area contributed by atoms with Crippen LogP contribution in [0.15, 0.2) is 54.6 Å². The first-order valence-corrected chi connectivity index (χ1v) is 10.6. The number of hydrogen-bond acceptors (Lipinski definition) is 3. The molecule has 0 aliphatic heterocycles. The van der Waals surface area contributed by atoms with Crippen molar-refractivity contribution in [3.63, 3.8) is 0 Å². The van der Waals surface area contributed by atoms with E-state index in [1.165, 1.54) is 16.5 Å². The normalized spacial score (nSPS) is 11.7. The van der Waals surface area contributed by atoms with Gasteiger partial charge in [-0.1, -0.05) is 48.5 Å². The maximum absolute atomic E-state index is 14.1. The van der Waals surface area contributed by atoms with E-state index in [0.29, 0.717) is 24.3 Å². The third-order valence-corrected chi connectivity index (χ3v) is 5.42. The van der Waals surface area contributed by atoms with E-state index in [0.717, 1.165) is 5.75 Å². The Morgan fingerprint density at radius 3 is 2.46 bits per heavy atom. The molecule has 0 spiro atoms. The van der Waals surface area contributed by atoms with Crippen LogP contribution >= 0.6 is 11.8 Å². The van der Waals surface area contributed by atoms with E-state index in [4.69, 9.17) is 0 Å². The Hall–Kier alpha value is -2.34. The van der Waals surface area contributed by atoms with Crippen LogP contribution in [0, 0.1) is 5.82 Å². The van der Waals surface area contributed by atoms with Crippen molar-refractivity contribution in [2.45, 2.75) is 38.6 Å². The van der Waals surface area contributed by atoms with Gasteiger partial charge in [0, 0.05) is 36.6 Å². The second-order valence-corrected chi connectivity index (χ2v) is 7.58. The van der Waals surface area contributed by atoms with Gasteiger partial charge in [-0.2, -0.15) is 11.8 Å². The highest BCUT2D eigenvalue weighted by Gasteiger charge is 2.26. The lowest BCUT2D eigenvalue weighted by atomic mass is 10.1. The van der Waals surface area contributed by atoms with Crippen LogP contribution in [0.5, 0.6) is 0 Å². The summed E-state index contributed by atoms with van der Waals surface area (Å²) in [6.45, 7) is 4.07. The van der Waals surface area contributed by atoms with Gasteiger partial charge in [0.2, 0.25) is 11.8 Å². The standard InChI is InChI=1S/C22H27FN2O2S/c1-3-24-22(27)17(2)25(15-19-11-7-8-12-20(19)23)21(26)13-14-28-16-18-9-5-4-6-10-18/h4-12,17H,3,13-16H2,1-2H3,(H,24,27)/t17-/m0/s1. The van der Waals surface area contributed by atoms with Gasteiger partial charge in [-0.15, -0.1) is 0 Å². The lowest BCUT2D eigenvalue weighted by molar-refractivity contribution is -0.140. The lowest BCUT2D eigenvalue weighted by Gasteiger charge is -2.29. The Labute approximate surface area is 170 Å². The highest BCUT2D eigenvalue weighted by molar-refractivity contribution is 7.98. The fourth-order valence-electron chi connectivity index (χ4n) is 2.78. The Kier molecular flexibility index (Phi) is 9.01. The molecule has 2 aromatic carbocycles. The zero-order valence-electron chi connectivity index (χ0n) is 16.4. The van der Waals surface area contributed by atoms with E-state index in [9.17, 15) is 14.0 Å². The maximum Gasteiger partial charge on any atom is 0.242 e. The second-order valence-electron chi connectivity index (χ2n) is 6.47. The van der Waals surface area contributed by atoms with Crippen LogP contribution in [-0.2, 0) is 21.9 Å². The highest BCUT2D eigenvalue weighted by Crippen LogP contribution is 2.17. The summed E-state index contributed by atoms with van der Waals surface area (Å²) < 4.78 is 14.1. The summed E-state index contributed by atoms with van der Waals surface area (Å²) in [6, 6.07) is 15.7. The molecule has 28 heavy (non-hydrogen) atoms. The van der Waals surface area contributed by atoms with Crippen LogP contribution in [0.4, 0.5) is 4.39 Å². The number of hydrogen-bond donors (Lipinski definition) is 1. The molecule has 0 aliphatic rings. The summed E-state index contributed by atoms with van der Waals surface area (Å²) in [4.78, 5) is 26.6. The molecule has 0 heterocycles. The zero-order chi connectivity index (χ0) is 20.4. The topological polar surface area (TPSA) is 49.4 Å². The first-order chi connectivity index (χ1) is 13.5. The molecule has 0 unspecified atom stereocenters. The average Bonchev–Trinajstić information content (AvgIpc) is 2.71. The van der Waals surface area contributed by atoms with Gasteiger partial charge in [0.25, 0.3) is 0 Å². The molecular formula is C22H27FN2O2S. The van der Waals surface area contributed by atoms with Gasteiger partial charge >= 0.3 is 0 Å². The van der Waals surface area contributed by atoms with Crippen molar-refractivity contribution >= 4 is 23.6 Å². The number of amides is 2. The van der Waals surface area contributed by atoms with Crippen molar-refractivity contribution < 1.29 is 14.0 Å². The van der Waals surface area contributed by atoms with Gasteiger partial charge in [-0.25, -0.2) is 4.39 Å². The van der Waals surface area contributed by atoms with Crippen LogP contribution < -0.4 is 5.32 Å². The van der Waals surface area contributed by atoms with E-state index in [1.54, 1.807) is 36.9 Å². The number of halogens is 1. The summed E-state index contributed by atoms with van der Waals surface area (Å²) in [5.74, 6) is 0.713. The number of thioether (sulfide) groups is 1. The molecule has 0 saturated carbocycles. The van der Waals surface area contributed by atoms with Crippen LogP contribution in [0.25, 0.3) is 0 Å². The molecule has 0 radical (unpaired) electrons. The number of likely N-dealkylation sites (N-methyl/N-ethyl adjacent to an activating group) is 1. The third-order valence-electron chi connectivity index (χ3n) is 4.39. The van der Waals surface area contributed by atoms with Gasteiger partial charge in [0.1, 0.15) is 11.9 Å². The Morgan fingerprint density at radius 2 is 1.79 bits per heavy atom. The lowest BCUT2D eigenvalue weighted by Crippen LogP contribution is -2.47. The number of nitrogens with zero attached hydrogens (tertiary/aromatic N) is 1. The predicted molar refractivity (Wildman–Crippen MR) is 112 cm³/mol. The average molecular weight is 403 g/mol. The molecule has 2 amide bonds. The molecule has 0 aromatic heterocycles. The smallest absolute Gasteiger partial charge is 0.242 e. The molecule has 0 saturated heterocycles. The van der Waals surface area contributed by atoms with Crippen molar-refractivity contribution in [3.05, 3.63) is 71.5 Å². The van der Waals surface area contributed by atoms with Crippen molar-refractivity contribution in [1.29, 1.82) is 0 Å². The SMILES string of the molecule is CCNC(=O)[C@H](C)N(Cc1ccccc1F)C(=O)CCSCc1ccccc1. The first kappa shape index (κ1) is 22.0. The fourth-order valence-corrected chi connectivity index (χ4v) is 3.67. The molecule has 0 aliphatic carbocycles. The molecule has 150 valence electrons. The van der Waals surface area contributed by atoms with E-state index in [2.05, 4.69) is 17.4 Å². The number of nitrogens with one attached hydrogen (secondary N) is 1. The second kappa shape index (κ2) is 11.5. The fraction of sp³-hybridized carbons (Fsp3) is 0.364. The largest absolute Gasteiger partial charge is 0.355 e. The minimum atomic E-state index is -0.661. The van der Waals surface area contributed by atoms with Crippen LogP contribution in [0.2, 0.25) is 0 Å². The summed E-state index contributed by atoms with van der Waals surface area (Å²) in [5, 5.41) is 2.74. The molecule has 0 fully saturated rings. The van der Waals surface area contributed by atoms with Crippen LogP contribution in [0.3, 0.4) is 0 Å². The number of rotatable bonds is 10. The summed E-state index contributed by atoms with van der Waals surface area (Å²) in [7, 11) is 0. The van der Waals surface area contributed by atoms with E-state index < -0.39 is 6.04 Å². The number of carbonyl (C=O) groups is 2. The zero-order valence-corrected chi connectivity index (χ0v) is 17.2. The first-order valence-electron chi connectivity index (χ1n) is 9.45. The van der Waals surface area contributed by atoms with Gasteiger partial charge in [0.05, 0.1) is 0 Å². The molecule has 0 bridgehead atoms. The monoisotopic (exact) mass is 402 g/mol. The van der Waals surface area contributed by atoms with E-state index in [1.807, 2.05) is 25.1 Å². The number of benzene rings is 2. The minimum absolute atomic E-state index is 0.0765. The Morgan fingerprint density at radius 1 is 1.11 bits per heavy atom.